The molecule has 144 valence electrons. The van der Waals surface area contributed by atoms with E-state index in [9.17, 15) is 4.79 Å². The topological polar surface area (TPSA) is 60.2 Å². The molecule has 2 aliphatic heterocycles. The number of ether oxygens (including phenoxy) is 1. The van der Waals surface area contributed by atoms with Gasteiger partial charge >= 0.3 is 0 Å². The minimum Gasteiger partial charge on any atom is -0.381 e. The Labute approximate surface area is 164 Å². The van der Waals surface area contributed by atoms with Gasteiger partial charge in [-0.05, 0) is 36.3 Å². The van der Waals surface area contributed by atoms with E-state index < -0.39 is 0 Å². The molecule has 2 aliphatic rings. The first kappa shape index (κ1) is 17.4. The normalized spacial score (nSPS) is 18.8. The zero-order chi connectivity index (χ0) is 19.0. The molecular formula is C22H24N4O2. The van der Waals surface area contributed by atoms with Gasteiger partial charge in [0.15, 0.2) is 5.65 Å². The number of fused-ring (bicyclic) bond motifs is 1. The van der Waals surface area contributed by atoms with Gasteiger partial charge < -0.3 is 14.2 Å². The van der Waals surface area contributed by atoms with Crippen LogP contribution >= 0.6 is 0 Å². The zero-order valence-electron chi connectivity index (χ0n) is 15.9. The second-order valence-corrected chi connectivity index (χ2v) is 8.01. The number of carbonyl (C=O) groups excluding carboxylic acids is 1. The lowest BCUT2D eigenvalue weighted by atomic mass is 9.80. The number of benzene rings is 1. The van der Waals surface area contributed by atoms with Gasteiger partial charge in [0, 0.05) is 32.5 Å². The maximum absolute atomic E-state index is 13.0. The highest BCUT2D eigenvalue weighted by molar-refractivity contribution is 5.96. The van der Waals surface area contributed by atoms with Crippen molar-refractivity contribution >= 4 is 17.1 Å². The smallest absolute Gasteiger partial charge is 0.255 e. The Morgan fingerprint density at radius 3 is 2.75 bits per heavy atom. The van der Waals surface area contributed by atoms with E-state index in [1.807, 2.05) is 33.7 Å². The average Bonchev–Trinajstić information content (AvgIpc) is 3.33. The number of hydrogen-bond donors (Lipinski definition) is 0. The van der Waals surface area contributed by atoms with E-state index in [2.05, 4.69) is 22.1 Å². The van der Waals surface area contributed by atoms with Crippen molar-refractivity contribution in [3.63, 3.8) is 0 Å². The molecular weight excluding hydrogens is 352 g/mol. The van der Waals surface area contributed by atoms with Crippen LogP contribution in [0.2, 0.25) is 0 Å². The van der Waals surface area contributed by atoms with Gasteiger partial charge in [0.2, 0.25) is 0 Å². The van der Waals surface area contributed by atoms with Crippen molar-refractivity contribution in [2.45, 2.75) is 25.8 Å². The van der Waals surface area contributed by atoms with Gasteiger partial charge in [-0.1, -0.05) is 30.3 Å². The summed E-state index contributed by atoms with van der Waals surface area (Å²) in [5.74, 6) is 0.0652. The van der Waals surface area contributed by atoms with Crippen molar-refractivity contribution in [1.29, 1.82) is 0 Å². The fourth-order valence-corrected chi connectivity index (χ4v) is 4.47. The van der Waals surface area contributed by atoms with Gasteiger partial charge in [-0.25, -0.2) is 9.97 Å². The Bertz CT molecular complexity index is 992. The lowest BCUT2D eigenvalue weighted by Crippen LogP contribution is -2.35. The standard InChI is InChI=1S/C22H24N4O2/c27-21(25-9-6-22(15-25)7-10-28-11-8-22)18-12-19-20(23-13-18)26(16-24-19)14-17-4-2-1-3-5-17/h1-5,12-13,16H,6-11,14-15H2. The molecule has 0 atom stereocenters. The molecule has 0 saturated carbocycles. The van der Waals surface area contributed by atoms with E-state index in [0.717, 1.165) is 56.7 Å². The van der Waals surface area contributed by atoms with E-state index in [1.54, 1.807) is 12.5 Å². The number of likely N-dealkylation sites (tertiary alicyclic amines) is 1. The highest BCUT2D eigenvalue weighted by Crippen LogP contribution is 2.40. The molecule has 3 aromatic rings. The summed E-state index contributed by atoms with van der Waals surface area (Å²) >= 11 is 0. The van der Waals surface area contributed by atoms with Crippen LogP contribution < -0.4 is 0 Å². The van der Waals surface area contributed by atoms with Crippen LogP contribution in [-0.4, -0.2) is 51.6 Å². The summed E-state index contributed by atoms with van der Waals surface area (Å²) in [6, 6.07) is 12.1. The third-order valence-corrected chi connectivity index (χ3v) is 6.18. The predicted molar refractivity (Wildman–Crippen MR) is 106 cm³/mol. The SMILES string of the molecule is O=C(c1cnc2c(c1)ncn2Cc1ccccc1)N1CCC2(CCOCC2)C1. The molecule has 0 bridgehead atoms. The van der Waals surface area contributed by atoms with Crippen LogP contribution in [0, 0.1) is 5.41 Å². The van der Waals surface area contributed by atoms with Crippen molar-refractivity contribution in [2.75, 3.05) is 26.3 Å². The molecule has 1 aromatic carbocycles. The maximum Gasteiger partial charge on any atom is 0.255 e. The van der Waals surface area contributed by atoms with Crippen molar-refractivity contribution in [3.8, 4) is 0 Å². The van der Waals surface area contributed by atoms with Gasteiger partial charge in [-0.15, -0.1) is 0 Å². The van der Waals surface area contributed by atoms with Crippen LogP contribution in [0.5, 0.6) is 0 Å². The van der Waals surface area contributed by atoms with Crippen molar-refractivity contribution < 1.29 is 9.53 Å². The first-order chi connectivity index (χ1) is 13.7. The fraction of sp³-hybridized carbons (Fsp3) is 0.409. The molecule has 1 amide bonds. The fourth-order valence-electron chi connectivity index (χ4n) is 4.47. The summed E-state index contributed by atoms with van der Waals surface area (Å²) in [5, 5.41) is 0. The Hall–Kier alpha value is -2.73. The summed E-state index contributed by atoms with van der Waals surface area (Å²) in [4.78, 5) is 24.1. The highest BCUT2D eigenvalue weighted by Gasteiger charge is 2.41. The van der Waals surface area contributed by atoms with Crippen LogP contribution in [0.3, 0.4) is 0 Å². The predicted octanol–water partition coefficient (Wildman–Crippen LogP) is 3.12. The molecule has 6 nitrogen and oxygen atoms in total. The number of carbonyl (C=O) groups is 1. The van der Waals surface area contributed by atoms with E-state index in [1.165, 1.54) is 5.56 Å². The number of amides is 1. The number of pyridine rings is 1. The number of nitrogens with zero attached hydrogens (tertiary/aromatic N) is 4. The summed E-state index contributed by atoms with van der Waals surface area (Å²) in [6.07, 6.45) is 6.67. The van der Waals surface area contributed by atoms with Crippen molar-refractivity contribution in [1.82, 2.24) is 19.4 Å². The van der Waals surface area contributed by atoms with Crippen molar-refractivity contribution in [2.24, 2.45) is 5.41 Å². The summed E-state index contributed by atoms with van der Waals surface area (Å²) in [5.41, 5.74) is 3.65. The van der Waals surface area contributed by atoms with Gasteiger partial charge in [-0.3, -0.25) is 4.79 Å². The molecule has 0 N–H and O–H groups in total. The van der Waals surface area contributed by atoms with Gasteiger partial charge in [0.1, 0.15) is 5.52 Å². The quantitative estimate of drug-likeness (QED) is 0.705. The van der Waals surface area contributed by atoms with E-state index in [-0.39, 0.29) is 11.3 Å². The molecule has 28 heavy (non-hydrogen) atoms. The molecule has 0 unspecified atom stereocenters. The number of imidazole rings is 1. The van der Waals surface area contributed by atoms with E-state index >= 15 is 0 Å². The molecule has 2 aromatic heterocycles. The van der Waals surface area contributed by atoms with Crippen LogP contribution in [0.4, 0.5) is 0 Å². The van der Waals surface area contributed by atoms with Crippen LogP contribution in [-0.2, 0) is 11.3 Å². The molecule has 4 heterocycles. The molecule has 2 fully saturated rings. The Balaban J connectivity index is 1.35. The van der Waals surface area contributed by atoms with Crippen molar-refractivity contribution in [3.05, 3.63) is 60.0 Å². The molecule has 5 rings (SSSR count). The largest absolute Gasteiger partial charge is 0.381 e. The highest BCUT2D eigenvalue weighted by atomic mass is 16.5. The van der Waals surface area contributed by atoms with E-state index in [4.69, 9.17) is 4.74 Å². The molecule has 0 radical (unpaired) electrons. The third-order valence-electron chi connectivity index (χ3n) is 6.18. The second kappa shape index (κ2) is 7.02. The van der Waals surface area contributed by atoms with Gasteiger partial charge in [0.05, 0.1) is 18.4 Å². The summed E-state index contributed by atoms with van der Waals surface area (Å²) < 4.78 is 7.53. The Kier molecular flexibility index (Phi) is 4.36. The summed E-state index contributed by atoms with van der Waals surface area (Å²) in [7, 11) is 0. The number of aromatic nitrogens is 3. The van der Waals surface area contributed by atoms with Crippen LogP contribution in [0.25, 0.3) is 11.2 Å². The molecule has 6 heteroatoms. The molecule has 2 saturated heterocycles. The Morgan fingerprint density at radius 1 is 1.11 bits per heavy atom. The minimum absolute atomic E-state index is 0.0652. The zero-order valence-corrected chi connectivity index (χ0v) is 15.9. The third kappa shape index (κ3) is 3.18. The number of rotatable bonds is 3. The lowest BCUT2D eigenvalue weighted by molar-refractivity contribution is 0.0191. The lowest BCUT2D eigenvalue weighted by Gasteiger charge is -2.33. The Morgan fingerprint density at radius 2 is 1.93 bits per heavy atom. The van der Waals surface area contributed by atoms with Gasteiger partial charge in [-0.2, -0.15) is 0 Å². The van der Waals surface area contributed by atoms with Gasteiger partial charge in [0.25, 0.3) is 5.91 Å². The monoisotopic (exact) mass is 376 g/mol. The second-order valence-electron chi connectivity index (χ2n) is 8.01. The average molecular weight is 376 g/mol. The summed E-state index contributed by atoms with van der Waals surface area (Å²) in [6.45, 7) is 3.99. The first-order valence-electron chi connectivity index (χ1n) is 9.94. The van der Waals surface area contributed by atoms with E-state index in [0.29, 0.717) is 12.1 Å². The maximum atomic E-state index is 13.0. The first-order valence-corrected chi connectivity index (χ1v) is 9.94. The molecule has 1 spiro atoms. The number of hydrogen-bond acceptors (Lipinski definition) is 4. The van der Waals surface area contributed by atoms with Crippen LogP contribution in [0.1, 0.15) is 35.2 Å². The minimum atomic E-state index is 0.0652. The van der Waals surface area contributed by atoms with Crippen LogP contribution in [0.15, 0.2) is 48.9 Å². The molecule has 0 aliphatic carbocycles.